The maximum Gasteiger partial charge on any atom is 0.232 e. The van der Waals surface area contributed by atoms with Gasteiger partial charge >= 0.3 is 0 Å². The molecule has 3 heterocycles. The average molecular weight is 272 g/mol. The third kappa shape index (κ3) is 2.58. The average Bonchev–Trinajstić information content (AvgIpc) is 2.98. The molecule has 0 spiro atoms. The fraction of sp³-hybridized carbons (Fsp3) is 0.533. The Kier molecular flexibility index (Phi) is 3.78. The maximum absolute atomic E-state index is 5.56. The first kappa shape index (κ1) is 13.2. The number of hydrogen-bond acceptors (Lipinski definition) is 5. The summed E-state index contributed by atoms with van der Waals surface area (Å²) in [4.78, 5) is 8.75. The molecule has 0 atom stereocenters. The normalized spacial score (nSPS) is 18.1. The number of nitrogens with zero attached hydrogens (tertiary/aromatic N) is 3. The maximum atomic E-state index is 5.56. The molecule has 2 aromatic heterocycles. The van der Waals surface area contributed by atoms with E-state index in [2.05, 4.69) is 27.4 Å². The molecule has 1 aliphatic rings. The Morgan fingerprint density at radius 3 is 2.90 bits per heavy atom. The summed E-state index contributed by atoms with van der Waals surface area (Å²) in [5.41, 5.74) is 1.17. The van der Waals surface area contributed by atoms with Gasteiger partial charge in [-0.25, -0.2) is 0 Å². The van der Waals surface area contributed by atoms with Crippen LogP contribution in [0.1, 0.15) is 43.5 Å². The molecule has 0 unspecified atom stereocenters. The number of aromatic nitrogens is 3. The molecule has 1 saturated heterocycles. The zero-order valence-electron chi connectivity index (χ0n) is 11.8. The third-order valence-electron chi connectivity index (χ3n) is 4.24. The molecule has 5 nitrogen and oxygen atoms in total. The van der Waals surface area contributed by atoms with Crippen LogP contribution in [0.25, 0.3) is 0 Å². The highest BCUT2D eigenvalue weighted by molar-refractivity contribution is 5.15. The molecule has 0 saturated carbocycles. The lowest BCUT2D eigenvalue weighted by atomic mass is 9.76. The quantitative estimate of drug-likeness (QED) is 0.923. The lowest BCUT2D eigenvalue weighted by molar-refractivity contribution is 0.216. The van der Waals surface area contributed by atoms with Gasteiger partial charge in [0.15, 0.2) is 5.82 Å². The lowest BCUT2D eigenvalue weighted by Crippen LogP contribution is -2.39. The molecular weight excluding hydrogens is 252 g/mol. The molecule has 1 aliphatic heterocycles. The fourth-order valence-corrected chi connectivity index (χ4v) is 2.85. The second-order valence-corrected chi connectivity index (χ2v) is 5.44. The van der Waals surface area contributed by atoms with Crippen molar-refractivity contribution in [2.75, 3.05) is 13.1 Å². The van der Waals surface area contributed by atoms with E-state index in [0.29, 0.717) is 6.42 Å². The SMILES string of the molecule is CCC1(c2nc(Cc3cccnc3)no2)CCNCC1. The van der Waals surface area contributed by atoms with Gasteiger partial charge in [0.25, 0.3) is 0 Å². The molecule has 2 aromatic rings. The molecule has 1 fully saturated rings. The van der Waals surface area contributed by atoms with Crippen molar-refractivity contribution in [3.63, 3.8) is 0 Å². The van der Waals surface area contributed by atoms with Gasteiger partial charge in [-0.15, -0.1) is 0 Å². The summed E-state index contributed by atoms with van der Waals surface area (Å²) in [7, 11) is 0. The fourth-order valence-electron chi connectivity index (χ4n) is 2.85. The number of nitrogens with one attached hydrogen (secondary N) is 1. The summed E-state index contributed by atoms with van der Waals surface area (Å²) in [5, 5.41) is 7.54. The highest BCUT2D eigenvalue weighted by atomic mass is 16.5. The van der Waals surface area contributed by atoms with Gasteiger partial charge in [0, 0.05) is 18.8 Å². The van der Waals surface area contributed by atoms with Crippen LogP contribution in [0.5, 0.6) is 0 Å². The van der Waals surface area contributed by atoms with E-state index in [1.807, 2.05) is 18.3 Å². The first-order valence-electron chi connectivity index (χ1n) is 7.25. The second kappa shape index (κ2) is 5.71. The number of rotatable bonds is 4. The van der Waals surface area contributed by atoms with Crippen molar-refractivity contribution in [3.8, 4) is 0 Å². The van der Waals surface area contributed by atoms with Gasteiger partial charge in [0.2, 0.25) is 5.89 Å². The molecule has 106 valence electrons. The summed E-state index contributed by atoms with van der Waals surface area (Å²) < 4.78 is 5.56. The van der Waals surface area contributed by atoms with Gasteiger partial charge in [-0.3, -0.25) is 4.98 Å². The highest BCUT2D eigenvalue weighted by Crippen LogP contribution is 2.35. The highest BCUT2D eigenvalue weighted by Gasteiger charge is 2.37. The summed E-state index contributed by atoms with van der Waals surface area (Å²) in [5.74, 6) is 1.56. The van der Waals surface area contributed by atoms with Crippen LogP contribution in [0.2, 0.25) is 0 Å². The van der Waals surface area contributed by atoms with Gasteiger partial charge in [0.1, 0.15) is 0 Å². The molecule has 3 rings (SSSR count). The Morgan fingerprint density at radius 1 is 1.35 bits per heavy atom. The number of piperidine rings is 1. The molecule has 0 aliphatic carbocycles. The number of hydrogen-bond donors (Lipinski definition) is 1. The summed E-state index contributed by atoms with van der Waals surface area (Å²) >= 11 is 0. The van der Waals surface area contributed by atoms with Crippen molar-refractivity contribution >= 4 is 0 Å². The first-order chi connectivity index (χ1) is 9.82. The topological polar surface area (TPSA) is 63.8 Å². The summed E-state index contributed by atoms with van der Waals surface area (Å²) in [6.07, 6.45) is 7.47. The van der Waals surface area contributed by atoms with E-state index in [1.165, 1.54) is 0 Å². The Labute approximate surface area is 118 Å². The third-order valence-corrected chi connectivity index (χ3v) is 4.24. The first-order valence-corrected chi connectivity index (χ1v) is 7.25. The molecule has 0 amide bonds. The standard InChI is InChI=1S/C15H20N4O/c1-2-15(5-8-16-9-6-15)14-18-13(19-20-14)10-12-4-3-7-17-11-12/h3-4,7,11,16H,2,5-6,8-10H2,1H3. The van der Waals surface area contributed by atoms with Crippen molar-refractivity contribution in [3.05, 3.63) is 41.8 Å². The minimum absolute atomic E-state index is 0.0610. The van der Waals surface area contributed by atoms with Gasteiger partial charge in [-0.2, -0.15) is 4.98 Å². The van der Waals surface area contributed by atoms with E-state index in [4.69, 9.17) is 4.52 Å². The van der Waals surface area contributed by atoms with Crippen LogP contribution in [0.4, 0.5) is 0 Å². The van der Waals surface area contributed by atoms with Crippen LogP contribution in [0, 0.1) is 0 Å². The molecule has 20 heavy (non-hydrogen) atoms. The van der Waals surface area contributed by atoms with Crippen molar-refractivity contribution in [2.45, 2.75) is 38.0 Å². The summed E-state index contributed by atoms with van der Waals surface area (Å²) in [6, 6.07) is 3.96. The Bertz CT molecular complexity index is 546. The Balaban J connectivity index is 1.79. The van der Waals surface area contributed by atoms with E-state index >= 15 is 0 Å². The molecule has 1 N–H and O–H groups in total. The predicted octanol–water partition coefficient (Wildman–Crippen LogP) is 2.09. The lowest BCUT2D eigenvalue weighted by Gasteiger charge is -2.33. The zero-order chi connectivity index (χ0) is 13.8. The minimum Gasteiger partial charge on any atom is -0.339 e. The predicted molar refractivity (Wildman–Crippen MR) is 75.4 cm³/mol. The molecule has 0 bridgehead atoms. The Hall–Kier alpha value is -1.75. The van der Waals surface area contributed by atoms with E-state index in [9.17, 15) is 0 Å². The van der Waals surface area contributed by atoms with Crippen LogP contribution in [-0.4, -0.2) is 28.2 Å². The van der Waals surface area contributed by atoms with Gasteiger partial charge in [-0.05, 0) is 44.0 Å². The summed E-state index contributed by atoms with van der Waals surface area (Å²) in [6.45, 7) is 4.25. The molecule has 5 heteroatoms. The number of pyridine rings is 1. The van der Waals surface area contributed by atoms with Crippen LogP contribution in [-0.2, 0) is 11.8 Å². The minimum atomic E-state index is 0.0610. The van der Waals surface area contributed by atoms with Gasteiger partial charge in [0.05, 0.1) is 5.41 Å². The van der Waals surface area contributed by atoms with Crippen LogP contribution in [0.3, 0.4) is 0 Å². The van der Waals surface area contributed by atoms with Crippen molar-refractivity contribution in [2.24, 2.45) is 0 Å². The smallest absolute Gasteiger partial charge is 0.232 e. The molecule has 0 aromatic carbocycles. The van der Waals surface area contributed by atoms with Crippen LogP contribution < -0.4 is 5.32 Å². The van der Waals surface area contributed by atoms with Gasteiger partial charge < -0.3 is 9.84 Å². The van der Waals surface area contributed by atoms with Crippen LogP contribution >= 0.6 is 0 Å². The largest absolute Gasteiger partial charge is 0.339 e. The van der Waals surface area contributed by atoms with E-state index < -0.39 is 0 Å². The van der Waals surface area contributed by atoms with E-state index in [0.717, 1.165) is 49.6 Å². The second-order valence-electron chi connectivity index (χ2n) is 5.44. The van der Waals surface area contributed by atoms with Crippen LogP contribution in [0.15, 0.2) is 29.0 Å². The van der Waals surface area contributed by atoms with Crippen molar-refractivity contribution < 1.29 is 4.52 Å². The van der Waals surface area contributed by atoms with Gasteiger partial charge in [-0.1, -0.05) is 18.1 Å². The zero-order valence-corrected chi connectivity index (χ0v) is 11.8. The van der Waals surface area contributed by atoms with E-state index in [-0.39, 0.29) is 5.41 Å². The monoisotopic (exact) mass is 272 g/mol. The molecule has 0 radical (unpaired) electrons. The van der Waals surface area contributed by atoms with Crippen molar-refractivity contribution in [1.82, 2.24) is 20.4 Å². The molecular formula is C15H20N4O. The van der Waals surface area contributed by atoms with E-state index in [1.54, 1.807) is 6.20 Å². The Morgan fingerprint density at radius 2 is 2.20 bits per heavy atom. The van der Waals surface area contributed by atoms with Crippen molar-refractivity contribution in [1.29, 1.82) is 0 Å².